The number of carbonyl (C=O) groups excluding carboxylic acids is 2. The van der Waals surface area contributed by atoms with Gasteiger partial charge < -0.3 is 19.7 Å². The van der Waals surface area contributed by atoms with Crippen molar-refractivity contribution in [3.8, 4) is 0 Å². The van der Waals surface area contributed by atoms with Crippen LogP contribution in [0.1, 0.15) is 206 Å². The van der Waals surface area contributed by atoms with Crippen molar-refractivity contribution in [2.75, 3.05) is 33.4 Å². The second kappa shape index (κ2) is 46.2. The highest BCUT2D eigenvalue weighted by Crippen LogP contribution is 2.43. The molecule has 0 aliphatic rings. The lowest BCUT2D eigenvalue weighted by atomic mass is 10.0. The smallest absolute Gasteiger partial charge is 0.462 e. The first-order valence-electron chi connectivity index (χ1n) is 24.2. The number of esters is 2. The van der Waals surface area contributed by atoms with E-state index in [9.17, 15) is 19.0 Å². The van der Waals surface area contributed by atoms with Crippen molar-refractivity contribution < 1.29 is 37.6 Å². The summed E-state index contributed by atoms with van der Waals surface area (Å²) in [5.74, 6) is -0.872. The molecule has 0 aromatic heterocycles. The highest BCUT2D eigenvalue weighted by Gasteiger charge is 2.26. The molecule has 60 heavy (non-hydrogen) atoms. The molecule has 0 heterocycles. The molecule has 10 heteroatoms. The standard InChI is InChI=1S/C50H90NO8P/c1-4-6-8-10-12-14-16-18-20-22-23-24-25-27-28-30-32-34-36-38-40-42-49(52)56-46-48(47-58-60(54,55)57-45-44-51-3)59-50(53)43-41-39-37-35-33-31-29-26-21-19-17-15-13-11-9-7-5-2/h13,15,18-21,29,31,35,37,48,51H,4-12,14,16-17,22-28,30,32-34,36,38-47H2,1-3H3,(H,54,55)/b15-13-,20-18-,21-19-,31-29-,37-35-. The average Bonchev–Trinajstić information content (AvgIpc) is 3.23. The summed E-state index contributed by atoms with van der Waals surface area (Å²) in [5, 5.41) is 2.82. The molecule has 0 aliphatic heterocycles. The fourth-order valence-corrected chi connectivity index (χ4v) is 7.17. The first-order chi connectivity index (χ1) is 29.3. The maximum Gasteiger partial charge on any atom is 0.472 e. The van der Waals surface area contributed by atoms with Crippen LogP contribution in [0, 0.1) is 0 Å². The molecule has 0 aromatic rings. The lowest BCUT2D eigenvalue weighted by molar-refractivity contribution is -0.161. The fraction of sp³-hybridized carbons (Fsp3) is 0.760. The van der Waals surface area contributed by atoms with E-state index in [2.05, 4.69) is 73.8 Å². The molecule has 0 saturated carbocycles. The molecule has 9 nitrogen and oxygen atoms in total. The Morgan fingerprint density at radius 3 is 1.43 bits per heavy atom. The maximum atomic E-state index is 12.6. The molecular formula is C50H90NO8P. The first kappa shape index (κ1) is 57.7. The summed E-state index contributed by atoms with van der Waals surface area (Å²) in [6.45, 7) is 4.14. The van der Waals surface area contributed by atoms with Crippen LogP contribution in [0.2, 0.25) is 0 Å². The summed E-state index contributed by atoms with van der Waals surface area (Å²) < 4.78 is 33.2. The molecule has 0 radical (unpaired) electrons. The van der Waals surface area contributed by atoms with Crippen LogP contribution in [0.15, 0.2) is 60.8 Å². The Labute approximate surface area is 368 Å². The third-order valence-corrected chi connectivity index (χ3v) is 11.1. The predicted octanol–water partition coefficient (Wildman–Crippen LogP) is 14.3. The van der Waals surface area contributed by atoms with Crippen LogP contribution in [-0.4, -0.2) is 56.3 Å². The normalized spacial score (nSPS) is 13.7. The molecule has 2 atom stereocenters. The minimum atomic E-state index is -4.37. The van der Waals surface area contributed by atoms with Gasteiger partial charge in [0.05, 0.1) is 13.2 Å². The Bertz CT molecular complexity index is 1170. The van der Waals surface area contributed by atoms with E-state index < -0.39 is 26.5 Å². The molecule has 2 unspecified atom stereocenters. The van der Waals surface area contributed by atoms with Crippen molar-refractivity contribution in [1.82, 2.24) is 5.32 Å². The predicted molar refractivity (Wildman–Crippen MR) is 252 cm³/mol. The summed E-state index contributed by atoms with van der Waals surface area (Å²) in [6.07, 6.45) is 54.2. The van der Waals surface area contributed by atoms with Gasteiger partial charge >= 0.3 is 19.8 Å². The van der Waals surface area contributed by atoms with E-state index in [1.165, 1.54) is 128 Å². The van der Waals surface area contributed by atoms with Crippen molar-refractivity contribution in [3.05, 3.63) is 60.8 Å². The molecule has 0 rings (SSSR count). The lowest BCUT2D eigenvalue weighted by Crippen LogP contribution is -2.29. The summed E-state index contributed by atoms with van der Waals surface area (Å²) in [5.41, 5.74) is 0. The van der Waals surface area contributed by atoms with E-state index in [4.69, 9.17) is 18.5 Å². The van der Waals surface area contributed by atoms with Crippen LogP contribution in [0.25, 0.3) is 0 Å². The van der Waals surface area contributed by atoms with Crippen molar-refractivity contribution in [2.24, 2.45) is 0 Å². The zero-order valence-electron chi connectivity index (χ0n) is 38.6. The zero-order valence-corrected chi connectivity index (χ0v) is 39.5. The number of rotatable bonds is 45. The summed E-state index contributed by atoms with van der Waals surface area (Å²) in [7, 11) is -2.67. The number of allylic oxidation sites excluding steroid dienone is 10. The van der Waals surface area contributed by atoms with Gasteiger partial charge in [0.2, 0.25) is 0 Å². The SMILES string of the molecule is CCCCC/C=C\C/C=C\C/C=C\C/C=C\CCCC(=O)OC(COC(=O)CCCCCCCCCCCCC/C=C\CCCCCCCC)COP(=O)(O)OCCNC. The number of likely N-dealkylation sites (N-methyl/N-ethyl adjacent to an activating group) is 1. The Kier molecular flexibility index (Phi) is 44.5. The number of hydrogen-bond acceptors (Lipinski definition) is 8. The zero-order chi connectivity index (χ0) is 43.9. The van der Waals surface area contributed by atoms with Gasteiger partial charge in [-0.15, -0.1) is 0 Å². The van der Waals surface area contributed by atoms with E-state index in [-0.39, 0.29) is 32.0 Å². The van der Waals surface area contributed by atoms with Gasteiger partial charge in [-0.25, -0.2) is 4.57 Å². The lowest BCUT2D eigenvalue weighted by Gasteiger charge is -2.20. The summed E-state index contributed by atoms with van der Waals surface area (Å²) >= 11 is 0. The van der Waals surface area contributed by atoms with Crippen LogP contribution in [0.3, 0.4) is 0 Å². The van der Waals surface area contributed by atoms with E-state index in [0.29, 0.717) is 19.4 Å². The summed E-state index contributed by atoms with van der Waals surface area (Å²) in [4.78, 5) is 35.1. The van der Waals surface area contributed by atoms with Crippen LogP contribution in [0.4, 0.5) is 0 Å². The molecule has 0 fully saturated rings. The number of carbonyl (C=O) groups is 2. The van der Waals surface area contributed by atoms with Gasteiger partial charge in [0.25, 0.3) is 0 Å². The number of phosphoric ester groups is 1. The molecule has 0 bridgehead atoms. The third kappa shape index (κ3) is 45.2. The first-order valence-corrected chi connectivity index (χ1v) is 25.7. The van der Waals surface area contributed by atoms with E-state index in [1.54, 1.807) is 7.05 Å². The van der Waals surface area contributed by atoms with Gasteiger partial charge in [-0.1, -0.05) is 177 Å². The third-order valence-electron chi connectivity index (χ3n) is 10.1. The van der Waals surface area contributed by atoms with Gasteiger partial charge in [0.15, 0.2) is 6.10 Å². The highest BCUT2D eigenvalue weighted by molar-refractivity contribution is 7.47. The number of hydrogen-bond donors (Lipinski definition) is 2. The van der Waals surface area contributed by atoms with Crippen LogP contribution in [0.5, 0.6) is 0 Å². The quantitative estimate of drug-likeness (QED) is 0.0267. The van der Waals surface area contributed by atoms with Gasteiger partial charge in [-0.3, -0.25) is 18.6 Å². The van der Waals surface area contributed by atoms with Gasteiger partial charge in [0, 0.05) is 19.4 Å². The van der Waals surface area contributed by atoms with E-state index in [1.807, 2.05) is 6.08 Å². The minimum Gasteiger partial charge on any atom is -0.462 e. The van der Waals surface area contributed by atoms with Crippen LogP contribution < -0.4 is 5.32 Å². The Morgan fingerprint density at radius 1 is 0.517 bits per heavy atom. The van der Waals surface area contributed by atoms with Crippen molar-refractivity contribution >= 4 is 19.8 Å². The van der Waals surface area contributed by atoms with Crippen molar-refractivity contribution in [3.63, 3.8) is 0 Å². The molecule has 0 saturated heterocycles. The number of ether oxygens (including phenoxy) is 2. The largest absolute Gasteiger partial charge is 0.472 e. The van der Waals surface area contributed by atoms with Crippen LogP contribution >= 0.6 is 7.82 Å². The van der Waals surface area contributed by atoms with Crippen molar-refractivity contribution in [1.29, 1.82) is 0 Å². The average molecular weight is 864 g/mol. The second-order valence-corrected chi connectivity index (χ2v) is 17.4. The topological polar surface area (TPSA) is 120 Å². The number of unbranched alkanes of at least 4 members (excludes halogenated alkanes) is 21. The molecule has 0 aliphatic carbocycles. The summed E-state index contributed by atoms with van der Waals surface area (Å²) in [6, 6.07) is 0. The molecule has 348 valence electrons. The molecule has 0 aromatic carbocycles. The maximum absolute atomic E-state index is 12.6. The number of phosphoric acid groups is 1. The van der Waals surface area contributed by atoms with Crippen molar-refractivity contribution in [2.45, 2.75) is 213 Å². The Morgan fingerprint density at radius 2 is 0.917 bits per heavy atom. The van der Waals surface area contributed by atoms with E-state index in [0.717, 1.165) is 38.5 Å². The van der Waals surface area contributed by atoms with Gasteiger partial charge in [-0.2, -0.15) is 0 Å². The molecule has 0 spiro atoms. The van der Waals surface area contributed by atoms with E-state index >= 15 is 0 Å². The number of nitrogens with one attached hydrogen (secondary N) is 1. The Balaban J connectivity index is 4.21. The highest BCUT2D eigenvalue weighted by atomic mass is 31.2. The van der Waals surface area contributed by atoms with Gasteiger partial charge in [0.1, 0.15) is 6.61 Å². The minimum absolute atomic E-state index is 0.0289. The van der Waals surface area contributed by atoms with Gasteiger partial charge in [-0.05, 0) is 84.1 Å². The molecule has 2 N–H and O–H groups in total. The monoisotopic (exact) mass is 864 g/mol. The molecule has 0 amide bonds. The Hall–Kier alpha value is -2.29. The molecular weight excluding hydrogens is 774 g/mol. The van der Waals surface area contributed by atoms with Crippen LogP contribution in [-0.2, 0) is 32.7 Å². The second-order valence-electron chi connectivity index (χ2n) is 15.9. The fourth-order valence-electron chi connectivity index (χ4n) is 6.42.